The zero-order chi connectivity index (χ0) is 6.20. The third-order valence-electron chi connectivity index (χ3n) is 1.18. The van der Waals surface area contributed by atoms with Crippen molar-refractivity contribution in [3.05, 3.63) is 17.4 Å². The molecule has 1 aliphatic heterocycles. The molecule has 3 nitrogen and oxygen atoms in total. The highest BCUT2D eigenvalue weighted by Gasteiger charge is 2.22. The van der Waals surface area contributed by atoms with Gasteiger partial charge in [0.25, 0.3) is 0 Å². The summed E-state index contributed by atoms with van der Waals surface area (Å²) in [6.45, 7) is 0.291. The van der Waals surface area contributed by atoms with Gasteiger partial charge >= 0.3 is 5.91 Å². The molecule has 0 radical (unpaired) electrons. The van der Waals surface area contributed by atoms with Crippen molar-refractivity contribution in [2.24, 2.45) is 0 Å². The summed E-state index contributed by atoms with van der Waals surface area (Å²) in [6, 6.07) is 0. The van der Waals surface area contributed by atoms with Crippen LogP contribution in [-0.4, -0.2) is 24.1 Å². The van der Waals surface area contributed by atoms with Gasteiger partial charge in [0, 0.05) is 6.08 Å². The Morgan fingerprint density at radius 3 is 2.62 bits per heavy atom. The number of carbonyl (C=O) groups is 1. The Morgan fingerprint density at radius 1 is 1.88 bits per heavy atom. The fourth-order valence-corrected chi connectivity index (χ4v) is 0.602. The van der Waals surface area contributed by atoms with Crippen LogP contribution < -0.4 is 0 Å². The molecule has 0 saturated carbocycles. The molecule has 8 heavy (non-hydrogen) atoms. The maximum atomic E-state index is 10.8. The van der Waals surface area contributed by atoms with Gasteiger partial charge in [0.05, 0.1) is 7.05 Å². The van der Waals surface area contributed by atoms with Crippen LogP contribution in [0.2, 0.25) is 0 Å². The number of hydrogen-bond donors (Lipinski definition) is 0. The number of rotatable bonds is 0. The van der Waals surface area contributed by atoms with Crippen LogP contribution in [0.3, 0.4) is 0 Å². The number of likely N-dealkylation sites (N-methyl/N-ethyl adjacent to an activating group) is 1. The van der Waals surface area contributed by atoms with Crippen LogP contribution in [0.5, 0.6) is 0 Å². The lowest BCUT2D eigenvalue weighted by atomic mass is 10.6. The molecule has 0 aromatic carbocycles. The Bertz CT molecular complexity index is 149. The molecule has 1 amide bonds. The molecule has 0 aliphatic carbocycles. The van der Waals surface area contributed by atoms with E-state index in [0.717, 1.165) is 0 Å². The molecule has 0 fully saturated rings. The van der Waals surface area contributed by atoms with E-state index in [1.807, 2.05) is 0 Å². The number of hydrogen-bond acceptors (Lipinski definition) is 2. The average molecular weight is 113 g/mol. The summed E-state index contributed by atoms with van der Waals surface area (Å²) in [5.41, 5.74) is 0. The van der Waals surface area contributed by atoms with Crippen LogP contribution in [0.15, 0.2) is 12.2 Å². The van der Waals surface area contributed by atoms with Crippen LogP contribution in [0.4, 0.5) is 0 Å². The van der Waals surface area contributed by atoms with Gasteiger partial charge in [0.1, 0.15) is 6.54 Å². The van der Waals surface area contributed by atoms with Crippen LogP contribution in [0, 0.1) is 5.21 Å². The third-order valence-corrected chi connectivity index (χ3v) is 1.18. The molecule has 0 spiro atoms. The highest BCUT2D eigenvalue weighted by molar-refractivity contribution is 5.83. The van der Waals surface area contributed by atoms with Gasteiger partial charge in [-0.25, -0.2) is 4.79 Å². The van der Waals surface area contributed by atoms with Gasteiger partial charge in [0.15, 0.2) is 0 Å². The highest BCUT2D eigenvalue weighted by atomic mass is 16.6. The van der Waals surface area contributed by atoms with Crippen LogP contribution in [0.25, 0.3) is 0 Å². The Kier molecular flexibility index (Phi) is 0.957. The summed E-state index contributed by atoms with van der Waals surface area (Å²) in [7, 11) is 1.35. The lowest BCUT2D eigenvalue weighted by Crippen LogP contribution is -2.38. The molecule has 0 aromatic heterocycles. The van der Waals surface area contributed by atoms with Crippen molar-refractivity contribution in [2.75, 3.05) is 13.6 Å². The number of hydroxylamine groups is 3. The number of amides is 1. The molecule has 1 heterocycles. The Labute approximate surface area is 47.4 Å². The van der Waals surface area contributed by atoms with Gasteiger partial charge < -0.3 is 5.21 Å². The maximum Gasteiger partial charge on any atom is 0.338 e. The number of carbonyl (C=O) groups excluding carboxylic acids is 1. The van der Waals surface area contributed by atoms with E-state index in [4.69, 9.17) is 0 Å². The number of quaternary nitrogens is 1. The van der Waals surface area contributed by atoms with Gasteiger partial charge in [0.2, 0.25) is 0 Å². The SMILES string of the molecule is C[N+]1([O-])CC=CC1=O. The van der Waals surface area contributed by atoms with Crippen LogP contribution in [-0.2, 0) is 4.79 Å². The van der Waals surface area contributed by atoms with E-state index in [0.29, 0.717) is 6.54 Å². The summed E-state index contributed by atoms with van der Waals surface area (Å²) >= 11 is 0. The van der Waals surface area contributed by atoms with Crippen LogP contribution >= 0.6 is 0 Å². The zero-order valence-electron chi connectivity index (χ0n) is 4.63. The first-order valence-corrected chi connectivity index (χ1v) is 2.40. The molecular formula is C5H7NO2. The van der Waals surface area contributed by atoms with Gasteiger partial charge in [-0.2, -0.15) is 0 Å². The Morgan fingerprint density at radius 2 is 2.50 bits per heavy atom. The quantitative estimate of drug-likeness (QED) is 0.328. The van der Waals surface area contributed by atoms with Crippen molar-refractivity contribution in [3.8, 4) is 0 Å². The Balaban J connectivity index is 2.79. The lowest BCUT2D eigenvalue weighted by molar-refractivity contribution is -0.769. The fourth-order valence-electron chi connectivity index (χ4n) is 0.602. The van der Waals surface area contributed by atoms with E-state index in [1.165, 1.54) is 13.1 Å². The molecule has 1 rings (SSSR count). The van der Waals surface area contributed by atoms with Gasteiger partial charge in [-0.15, -0.1) is 0 Å². The van der Waals surface area contributed by atoms with Crippen molar-refractivity contribution >= 4 is 5.91 Å². The zero-order valence-corrected chi connectivity index (χ0v) is 4.63. The van der Waals surface area contributed by atoms with Crippen molar-refractivity contribution in [3.63, 3.8) is 0 Å². The second-order valence-electron chi connectivity index (χ2n) is 2.02. The summed E-state index contributed by atoms with van der Waals surface area (Å²) in [5.74, 6) is -0.356. The summed E-state index contributed by atoms with van der Waals surface area (Å²) in [4.78, 5) is 10.5. The average Bonchev–Trinajstić information content (AvgIpc) is 1.86. The maximum absolute atomic E-state index is 10.8. The van der Waals surface area contributed by atoms with Crippen molar-refractivity contribution in [2.45, 2.75) is 0 Å². The lowest BCUT2D eigenvalue weighted by Gasteiger charge is -2.29. The smallest absolute Gasteiger partial charge is 0.338 e. The first kappa shape index (κ1) is 5.47. The van der Waals surface area contributed by atoms with Gasteiger partial charge in [-0.1, -0.05) is 0 Å². The topological polar surface area (TPSA) is 40.1 Å². The predicted molar refractivity (Wildman–Crippen MR) is 28.6 cm³/mol. The second kappa shape index (κ2) is 1.40. The minimum atomic E-state index is -0.764. The van der Waals surface area contributed by atoms with E-state index in [-0.39, 0.29) is 5.91 Å². The first-order valence-electron chi connectivity index (χ1n) is 2.40. The standard InChI is InChI=1S/C5H7NO2/c1-6(8)4-2-3-5(6)7/h2-3H,4H2,1H3. The van der Waals surface area contributed by atoms with E-state index in [2.05, 4.69) is 0 Å². The molecular weight excluding hydrogens is 106 g/mol. The molecule has 0 N–H and O–H groups in total. The highest BCUT2D eigenvalue weighted by Crippen LogP contribution is 2.07. The molecule has 0 saturated heterocycles. The third kappa shape index (κ3) is 0.657. The van der Waals surface area contributed by atoms with Crippen molar-refractivity contribution in [1.29, 1.82) is 0 Å². The Hall–Kier alpha value is -0.670. The molecule has 44 valence electrons. The van der Waals surface area contributed by atoms with Crippen LogP contribution in [0.1, 0.15) is 0 Å². The summed E-state index contributed by atoms with van der Waals surface area (Å²) in [6.07, 6.45) is 2.92. The minimum absolute atomic E-state index is 0.291. The van der Waals surface area contributed by atoms with E-state index in [9.17, 15) is 10.0 Å². The van der Waals surface area contributed by atoms with Crippen molar-refractivity contribution < 1.29 is 9.44 Å². The molecule has 1 unspecified atom stereocenters. The number of nitrogens with zero attached hydrogens (tertiary/aromatic N) is 1. The van der Waals surface area contributed by atoms with Gasteiger partial charge in [-0.05, 0) is 6.08 Å². The predicted octanol–water partition coefficient (Wildman–Crippen LogP) is 0.0272. The second-order valence-corrected chi connectivity index (χ2v) is 2.02. The van der Waals surface area contributed by atoms with E-state index in [1.54, 1.807) is 6.08 Å². The summed E-state index contributed by atoms with van der Waals surface area (Å²) in [5, 5.41) is 10.8. The van der Waals surface area contributed by atoms with Gasteiger partial charge in [-0.3, -0.25) is 4.65 Å². The molecule has 1 aliphatic rings. The van der Waals surface area contributed by atoms with E-state index >= 15 is 0 Å². The molecule has 0 bridgehead atoms. The van der Waals surface area contributed by atoms with E-state index < -0.39 is 4.65 Å². The largest absolute Gasteiger partial charge is 0.625 e. The minimum Gasteiger partial charge on any atom is -0.625 e. The molecule has 1 atom stereocenters. The first-order chi connectivity index (χ1) is 3.63. The summed E-state index contributed by atoms with van der Waals surface area (Å²) < 4.78 is -0.764. The monoisotopic (exact) mass is 113 g/mol. The molecule has 0 aromatic rings. The normalized spacial score (nSPS) is 36.5. The fraction of sp³-hybridized carbons (Fsp3) is 0.400. The van der Waals surface area contributed by atoms with Crippen molar-refractivity contribution in [1.82, 2.24) is 0 Å². The molecule has 3 heteroatoms.